The minimum atomic E-state index is 0.651. The largest absolute Gasteiger partial charge is 0.335 e. The van der Waals surface area contributed by atoms with Gasteiger partial charge in [0.25, 0.3) is 0 Å². The van der Waals surface area contributed by atoms with Crippen LogP contribution in [-0.2, 0) is 6.54 Å². The summed E-state index contributed by atoms with van der Waals surface area (Å²) in [6.07, 6.45) is 1.02. The molecule has 1 N–H and O–H groups in total. The maximum atomic E-state index is 8.83. The standard InChI is InChI=1S/C15H15N5/c1-3-8-20-15-13(10(2)19-20)17-14(18-15)12-6-4-11(9-16)5-7-12/h4-7H,3,8H2,1-2H3,(H,17,18). The van der Waals surface area contributed by atoms with Crippen molar-refractivity contribution in [3.8, 4) is 17.5 Å². The molecule has 0 saturated heterocycles. The van der Waals surface area contributed by atoms with E-state index in [9.17, 15) is 0 Å². The van der Waals surface area contributed by atoms with Gasteiger partial charge >= 0.3 is 0 Å². The normalized spacial score (nSPS) is 10.8. The predicted molar refractivity (Wildman–Crippen MR) is 77.1 cm³/mol. The number of nitrogens with one attached hydrogen (secondary N) is 1. The van der Waals surface area contributed by atoms with E-state index in [2.05, 4.69) is 28.1 Å². The van der Waals surface area contributed by atoms with Gasteiger partial charge in [-0.25, -0.2) is 9.67 Å². The van der Waals surface area contributed by atoms with E-state index in [0.717, 1.165) is 41.2 Å². The minimum absolute atomic E-state index is 0.651. The Morgan fingerprint density at radius 2 is 2.05 bits per heavy atom. The average Bonchev–Trinajstić information content (AvgIpc) is 3.02. The van der Waals surface area contributed by atoms with Crippen molar-refractivity contribution in [2.45, 2.75) is 26.8 Å². The maximum Gasteiger partial charge on any atom is 0.177 e. The number of hydrogen-bond acceptors (Lipinski definition) is 3. The van der Waals surface area contributed by atoms with Crippen molar-refractivity contribution in [2.75, 3.05) is 0 Å². The molecule has 0 radical (unpaired) electrons. The molecule has 5 nitrogen and oxygen atoms in total. The fourth-order valence-electron chi connectivity index (χ4n) is 2.29. The van der Waals surface area contributed by atoms with Crippen LogP contribution in [0.5, 0.6) is 0 Å². The third-order valence-electron chi connectivity index (χ3n) is 3.28. The monoisotopic (exact) mass is 265 g/mol. The number of aryl methyl sites for hydroxylation is 2. The van der Waals surface area contributed by atoms with E-state index >= 15 is 0 Å². The SMILES string of the molecule is CCCn1nc(C)c2[nH]c(-c3ccc(C#N)cc3)nc21. The molecular weight excluding hydrogens is 250 g/mol. The summed E-state index contributed by atoms with van der Waals surface area (Å²) >= 11 is 0. The number of nitrogens with zero attached hydrogens (tertiary/aromatic N) is 4. The van der Waals surface area contributed by atoms with Gasteiger partial charge in [-0.05, 0) is 37.6 Å². The summed E-state index contributed by atoms with van der Waals surface area (Å²) in [4.78, 5) is 7.96. The first-order valence-electron chi connectivity index (χ1n) is 6.66. The predicted octanol–water partition coefficient (Wildman–Crippen LogP) is 3.02. The number of fused-ring (bicyclic) bond motifs is 1. The van der Waals surface area contributed by atoms with E-state index in [0.29, 0.717) is 5.56 Å². The second kappa shape index (κ2) is 4.82. The summed E-state index contributed by atoms with van der Waals surface area (Å²) in [5, 5.41) is 13.3. The Morgan fingerprint density at radius 1 is 1.30 bits per heavy atom. The number of aromatic nitrogens is 4. The van der Waals surface area contributed by atoms with Gasteiger partial charge < -0.3 is 4.98 Å². The van der Waals surface area contributed by atoms with E-state index in [4.69, 9.17) is 5.26 Å². The van der Waals surface area contributed by atoms with Gasteiger partial charge in [0.1, 0.15) is 11.3 Å². The van der Waals surface area contributed by atoms with Crippen LogP contribution in [0.3, 0.4) is 0 Å². The van der Waals surface area contributed by atoms with Crippen LogP contribution in [-0.4, -0.2) is 19.7 Å². The number of benzene rings is 1. The van der Waals surface area contributed by atoms with Crippen molar-refractivity contribution in [2.24, 2.45) is 0 Å². The quantitative estimate of drug-likeness (QED) is 0.791. The zero-order valence-electron chi connectivity index (χ0n) is 11.5. The highest BCUT2D eigenvalue weighted by molar-refractivity contribution is 5.78. The first kappa shape index (κ1) is 12.4. The van der Waals surface area contributed by atoms with Crippen LogP contribution in [0, 0.1) is 18.3 Å². The van der Waals surface area contributed by atoms with Crippen LogP contribution in [0.1, 0.15) is 24.6 Å². The van der Waals surface area contributed by atoms with Crippen LogP contribution in [0.15, 0.2) is 24.3 Å². The second-order valence-corrected chi connectivity index (χ2v) is 4.78. The number of H-pyrrole nitrogens is 1. The number of imidazole rings is 1. The lowest BCUT2D eigenvalue weighted by molar-refractivity contribution is 0.612. The fourth-order valence-corrected chi connectivity index (χ4v) is 2.29. The molecule has 20 heavy (non-hydrogen) atoms. The fraction of sp³-hybridized carbons (Fsp3) is 0.267. The van der Waals surface area contributed by atoms with Gasteiger partial charge in [-0.3, -0.25) is 0 Å². The molecular formula is C15H15N5. The van der Waals surface area contributed by atoms with Crippen molar-refractivity contribution in [3.05, 3.63) is 35.5 Å². The van der Waals surface area contributed by atoms with Gasteiger partial charge in [-0.15, -0.1) is 0 Å². The highest BCUT2D eigenvalue weighted by Gasteiger charge is 2.13. The molecule has 0 unspecified atom stereocenters. The minimum Gasteiger partial charge on any atom is -0.335 e. The molecule has 5 heteroatoms. The van der Waals surface area contributed by atoms with E-state index in [1.807, 2.05) is 23.7 Å². The molecule has 0 spiro atoms. The van der Waals surface area contributed by atoms with Gasteiger partial charge in [0, 0.05) is 12.1 Å². The topological polar surface area (TPSA) is 70.3 Å². The van der Waals surface area contributed by atoms with Crippen molar-refractivity contribution < 1.29 is 0 Å². The van der Waals surface area contributed by atoms with E-state index in [1.54, 1.807) is 12.1 Å². The molecule has 2 aromatic heterocycles. The lowest BCUT2D eigenvalue weighted by atomic mass is 10.1. The highest BCUT2D eigenvalue weighted by Crippen LogP contribution is 2.22. The lowest BCUT2D eigenvalue weighted by Gasteiger charge is -1.98. The molecule has 0 aliphatic rings. The van der Waals surface area contributed by atoms with E-state index < -0.39 is 0 Å². The highest BCUT2D eigenvalue weighted by atomic mass is 15.3. The summed E-state index contributed by atoms with van der Waals surface area (Å²) in [5.41, 5.74) is 4.46. The lowest BCUT2D eigenvalue weighted by Crippen LogP contribution is -1.99. The van der Waals surface area contributed by atoms with Crippen molar-refractivity contribution in [1.82, 2.24) is 19.7 Å². The molecule has 1 aromatic carbocycles. The Bertz CT molecular complexity index is 786. The number of hydrogen-bond donors (Lipinski definition) is 1. The molecule has 0 atom stereocenters. The molecule has 0 aliphatic carbocycles. The Balaban J connectivity index is 2.08. The van der Waals surface area contributed by atoms with Gasteiger partial charge in [0.15, 0.2) is 5.65 Å². The van der Waals surface area contributed by atoms with Gasteiger partial charge in [0.05, 0.1) is 17.3 Å². The van der Waals surface area contributed by atoms with Gasteiger partial charge in [0.2, 0.25) is 0 Å². The molecule has 0 amide bonds. The number of nitriles is 1. The summed E-state index contributed by atoms with van der Waals surface area (Å²) in [5.74, 6) is 0.815. The number of aromatic amines is 1. The van der Waals surface area contributed by atoms with Crippen molar-refractivity contribution >= 4 is 11.2 Å². The molecule has 3 aromatic rings. The Kier molecular flexibility index (Phi) is 2.99. The Hall–Kier alpha value is -2.61. The summed E-state index contributed by atoms with van der Waals surface area (Å²) in [6, 6.07) is 9.53. The van der Waals surface area contributed by atoms with Gasteiger partial charge in [-0.1, -0.05) is 6.92 Å². The van der Waals surface area contributed by atoms with Gasteiger partial charge in [-0.2, -0.15) is 10.4 Å². The third-order valence-corrected chi connectivity index (χ3v) is 3.28. The van der Waals surface area contributed by atoms with Crippen LogP contribution in [0.2, 0.25) is 0 Å². The average molecular weight is 265 g/mol. The first-order chi connectivity index (χ1) is 9.72. The third kappa shape index (κ3) is 1.95. The number of rotatable bonds is 3. The van der Waals surface area contributed by atoms with Crippen LogP contribution >= 0.6 is 0 Å². The molecule has 0 bridgehead atoms. The second-order valence-electron chi connectivity index (χ2n) is 4.78. The molecule has 3 rings (SSSR count). The first-order valence-corrected chi connectivity index (χ1v) is 6.66. The summed E-state index contributed by atoms with van der Waals surface area (Å²) < 4.78 is 1.94. The zero-order valence-corrected chi connectivity index (χ0v) is 11.5. The van der Waals surface area contributed by atoms with E-state index in [1.165, 1.54) is 0 Å². The molecule has 100 valence electrons. The van der Waals surface area contributed by atoms with Crippen molar-refractivity contribution in [3.63, 3.8) is 0 Å². The molecule has 0 saturated carbocycles. The van der Waals surface area contributed by atoms with Crippen LogP contribution < -0.4 is 0 Å². The van der Waals surface area contributed by atoms with Crippen LogP contribution in [0.4, 0.5) is 0 Å². The Labute approximate surface area is 116 Å². The Morgan fingerprint density at radius 3 is 2.70 bits per heavy atom. The van der Waals surface area contributed by atoms with Crippen molar-refractivity contribution in [1.29, 1.82) is 5.26 Å². The summed E-state index contributed by atoms with van der Waals surface area (Å²) in [6.45, 7) is 4.97. The zero-order chi connectivity index (χ0) is 14.1. The molecule has 0 fully saturated rings. The molecule has 2 heterocycles. The smallest absolute Gasteiger partial charge is 0.177 e. The maximum absolute atomic E-state index is 8.83. The van der Waals surface area contributed by atoms with Crippen LogP contribution in [0.25, 0.3) is 22.6 Å². The summed E-state index contributed by atoms with van der Waals surface area (Å²) in [7, 11) is 0. The van der Waals surface area contributed by atoms with E-state index in [-0.39, 0.29) is 0 Å². The molecule has 0 aliphatic heterocycles.